The van der Waals surface area contributed by atoms with Crippen molar-refractivity contribution in [3.05, 3.63) is 89.5 Å². The molecule has 2 aliphatic heterocycles. The number of hydrogen-bond acceptors (Lipinski definition) is 9. The number of ketones is 1. The molecule has 8 rings (SSSR count). The first-order valence-electron chi connectivity index (χ1n) is 14.6. The highest BCUT2D eigenvalue weighted by Crippen LogP contribution is 2.46. The van der Waals surface area contributed by atoms with Gasteiger partial charge in [-0.15, -0.1) is 0 Å². The first kappa shape index (κ1) is 25.7. The molecule has 5 aromatic rings. The molecule has 0 bridgehead atoms. The summed E-state index contributed by atoms with van der Waals surface area (Å²) < 4.78 is 22.6. The Kier molecular flexibility index (Phi) is 6.18. The van der Waals surface area contributed by atoms with Crippen LogP contribution in [0.15, 0.2) is 77.3 Å². The molecule has 3 heterocycles. The first-order valence-corrected chi connectivity index (χ1v) is 14.6. The molecule has 0 radical (unpaired) electrons. The van der Waals surface area contributed by atoms with E-state index in [1.54, 1.807) is 0 Å². The summed E-state index contributed by atoms with van der Waals surface area (Å²) in [6.45, 7) is 7.07. The van der Waals surface area contributed by atoms with Gasteiger partial charge >= 0.3 is 0 Å². The summed E-state index contributed by atoms with van der Waals surface area (Å²) in [6, 6.07) is 23.6. The van der Waals surface area contributed by atoms with E-state index < -0.39 is 0 Å². The predicted octanol–water partition coefficient (Wildman–Crippen LogP) is 6.23. The lowest BCUT2D eigenvalue weighted by Gasteiger charge is -2.36. The monoisotopic (exact) mass is 574 g/mol. The second kappa shape index (κ2) is 10.4. The number of anilines is 3. The molecule has 1 fully saturated rings. The first-order chi connectivity index (χ1) is 21.2. The van der Waals surface area contributed by atoms with Gasteiger partial charge in [-0.3, -0.25) is 9.69 Å². The number of fused-ring (bicyclic) bond motifs is 3. The van der Waals surface area contributed by atoms with Crippen LogP contribution in [0.3, 0.4) is 0 Å². The molecule has 1 saturated heterocycles. The van der Waals surface area contributed by atoms with Gasteiger partial charge in [-0.25, -0.2) is 0 Å². The second-order valence-corrected chi connectivity index (χ2v) is 11.0. The van der Waals surface area contributed by atoms with Crippen LogP contribution in [0, 0.1) is 0 Å². The van der Waals surface area contributed by atoms with Crippen LogP contribution in [0.1, 0.15) is 28.4 Å². The van der Waals surface area contributed by atoms with Gasteiger partial charge in [0, 0.05) is 49.5 Å². The summed E-state index contributed by atoms with van der Waals surface area (Å²) in [7, 11) is 0. The van der Waals surface area contributed by atoms with Crippen molar-refractivity contribution in [2.75, 3.05) is 49.8 Å². The molecule has 0 atom stereocenters. The summed E-state index contributed by atoms with van der Waals surface area (Å²) >= 11 is 0. The molecule has 0 saturated carbocycles. The van der Waals surface area contributed by atoms with Gasteiger partial charge in [0.05, 0.1) is 28.9 Å². The number of nitrogens with one attached hydrogen (secondary N) is 1. The quantitative estimate of drug-likeness (QED) is 0.238. The zero-order valence-corrected chi connectivity index (χ0v) is 23.8. The molecule has 0 spiro atoms. The topological polar surface area (TPSA) is 89.3 Å². The average Bonchev–Trinajstić information content (AvgIpc) is 3.69. The SMILES string of the molecule is CCOc1ccc(Nc2cc(N3CCN(Cc4ccc5c(c4)OCO5)CC3)c3noc4c3c2C(=O)c2ccccc2-4)cc1. The van der Waals surface area contributed by atoms with Crippen LogP contribution < -0.4 is 24.4 Å². The van der Waals surface area contributed by atoms with Crippen molar-refractivity contribution in [1.82, 2.24) is 10.1 Å². The van der Waals surface area contributed by atoms with Gasteiger partial charge < -0.3 is 29.0 Å². The van der Waals surface area contributed by atoms with E-state index in [2.05, 4.69) is 38.5 Å². The number of carbonyl (C=O) groups is 1. The van der Waals surface area contributed by atoms with Crippen LogP contribution in [0.25, 0.3) is 22.2 Å². The van der Waals surface area contributed by atoms with E-state index in [1.165, 1.54) is 5.56 Å². The third-order valence-corrected chi connectivity index (χ3v) is 8.38. The maximum absolute atomic E-state index is 14.0. The van der Waals surface area contributed by atoms with Crippen LogP contribution in [0.4, 0.5) is 17.1 Å². The fraction of sp³-hybridized carbons (Fsp3) is 0.235. The maximum atomic E-state index is 14.0. The van der Waals surface area contributed by atoms with Crippen molar-refractivity contribution in [2.24, 2.45) is 0 Å². The lowest BCUT2D eigenvalue weighted by Crippen LogP contribution is -2.46. The second-order valence-electron chi connectivity index (χ2n) is 11.0. The van der Waals surface area contributed by atoms with Gasteiger partial charge in [-0.1, -0.05) is 35.5 Å². The number of nitrogens with zero attached hydrogens (tertiary/aromatic N) is 3. The molecule has 3 aliphatic rings. The number of rotatable bonds is 7. The van der Waals surface area contributed by atoms with Gasteiger partial charge in [-0.2, -0.15) is 0 Å². The Hall–Kier alpha value is -5.02. The van der Waals surface area contributed by atoms with Crippen molar-refractivity contribution in [3.63, 3.8) is 0 Å². The predicted molar refractivity (Wildman–Crippen MR) is 164 cm³/mol. The van der Waals surface area contributed by atoms with Crippen molar-refractivity contribution >= 4 is 33.7 Å². The van der Waals surface area contributed by atoms with Gasteiger partial charge in [0.15, 0.2) is 23.0 Å². The number of benzene rings is 4. The minimum absolute atomic E-state index is 0.0372. The fourth-order valence-corrected chi connectivity index (χ4v) is 6.28. The van der Waals surface area contributed by atoms with Crippen LogP contribution >= 0.6 is 0 Å². The van der Waals surface area contributed by atoms with Crippen molar-refractivity contribution in [2.45, 2.75) is 13.5 Å². The number of ether oxygens (including phenoxy) is 3. The maximum Gasteiger partial charge on any atom is 0.231 e. The van der Waals surface area contributed by atoms with E-state index in [1.807, 2.05) is 61.5 Å². The molecule has 1 aromatic heterocycles. The van der Waals surface area contributed by atoms with Crippen LogP contribution in [0.5, 0.6) is 17.2 Å². The number of carbonyl (C=O) groups excluding carboxylic acids is 1. The van der Waals surface area contributed by atoms with Crippen LogP contribution in [-0.2, 0) is 6.54 Å². The van der Waals surface area contributed by atoms with Crippen molar-refractivity contribution < 1.29 is 23.5 Å². The zero-order chi connectivity index (χ0) is 28.9. The average molecular weight is 575 g/mol. The third-order valence-electron chi connectivity index (χ3n) is 8.38. The van der Waals surface area contributed by atoms with Crippen LogP contribution in [-0.4, -0.2) is 55.4 Å². The molecular weight excluding hydrogens is 544 g/mol. The van der Waals surface area contributed by atoms with Gasteiger partial charge in [0.25, 0.3) is 0 Å². The summed E-state index contributed by atoms with van der Waals surface area (Å²) in [5.41, 5.74) is 6.46. The minimum Gasteiger partial charge on any atom is -0.494 e. The molecule has 1 aliphatic carbocycles. The van der Waals surface area contributed by atoms with Gasteiger partial charge in [-0.05, 0) is 55.0 Å². The van der Waals surface area contributed by atoms with E-state index in [-0.39, 0.29) is 12.6 Å². The Morgan fingerprint density at radius 3 is 2.51 bits per heavy atom. The van der Waals surface area contributed by atoms with Gasteiger partial charge in [0.2, 0.25) is 6.79 Å². The Morgan fingerprint density at radius 1 is 0.907 bits per heavy atom. The molecule has 1 N–H and O–H groups in total. The lowest BCUT2D eigenvalue weighted by molar-refractivity contribution is 0.104. The molecule has 4 aromatic carbocycles. The molecule has 0 amide bonds. The molecular formula is C34H30N4O5. The number of piperazine rings is 1. The molecule has 9 nitrogen and oxygen atoms in total. The smallest absolute Gasteiger partial charge is 0.231 e. The normalized spacial score (nSPS) is 15.6. The van der Waals surface area contributed by atoms with Crippen LogP contribution in [0.2, 0.25) is 0 Å². The summed E-state index contributed by atoms with van der Waals surface area (Å²) in [4.78, 5) is 18.7. The van der Waals surface area contributed by atoms with Crippen molar-refractivity contribution in [1.29, 1.82) is 0 Å². The molecule has 43 heavy (non-hydrogen) atoms. The fourth-order valence-electron chi connectivity index (χ4n) is 6.28. The lowest BCUT2D eigenvalue weighted by atomic mass is 9.86. The van der Waals surface area contributed by atoms with E-state index >= 15 is 0 Å². The highest BCUT2D eigenvalue weighted by atomic mass is 16.7. The third kappa shape index (κ3) is 4.44. The Labute approximate surface area is 248 Å². The van der Waals surface area contributed by atoms with E-state index in [0.717, 1.165) is 78.0 Å². The Bertz CT molecular complexity index is 1860. The largest absolute Gasteiger partial charge is 0.494 e. The minimum atomic E-state index is -0.0372. The van der Waals surface area contributed by atoms with E-state index in [4.69, 9.17) is 18.7 Å². The zero-order valence-electron chi connectivity index (χ0n) is 23.8. The van der Waals surface area contributed by atoms with Crippen molar-refractivity contribution in [3.8, 4) is 28.6 Å². The number of hydrogen-bond donors (Lipinski definition) is 1. The highest BCUT2D eigenvalue weighted by molar-refractivity contribution is 6.28. The van der Waals surface area contributed by atoms with E-state index in [0.29, 0.717) is 29.0 Å². The Morgan fingerprint density at radius 2 is 1.70 bits per heavy atom. The Balaban J connectivity index is 1.13. The standard InChI is InChI=1S/C34H30N4O5/c1-2-40-23-10-8-22(9-11-23)35-26-18-27(32-31-30(26)33(39)24-5-3-4-6-25(24)34(31)43-36-32)38-15-13-37(14-16-38)19-21-7-12-28-29(17-21)42-20-41-28/h3-12,17-18,35H,2,13-16,19-20H2,1H3. The summed E-state index contributed by atoms with van der Waals surface area (Å²) in [5, 5.41) is 8.84. The molecule has 216 valence electrons. The highest BCUT2D eigenvalue weighted by Gasteiger charge is 2.34. The number of aromatic nitrogens is 1. The summed E-state index contributed by atoms with van der Waals surface area (Å²) in [5.74, 6) is 3.01. The van der Waals surface area contributed by atoms with Gasteiger partial charge in [0.1, 0.15) is 11.3 Å². The molecule has 0 unspecified atom stereocenters. The summed E-state index contributed by atoms with van der Waals surface area (Å²) in [6.07, 6.45) is 0. The van der Waals surface area contributed by atoms with E-state index in [9.17, 15) is 4.79 Å². The molecule has 9 heteroatoms.